The van der Waals surface area contributed by atoms with Crippen LogP contribution in [0.15, 0.2) is 0 Å². The molecule has 0 bridgehead atoms. The minimum atomic E-state index is 0.805. The first-order chi connectivity index (χ1) is 4.81. The predicted octanol–water partition coefficient (Wildman–Crippen LogP) is 3.07. The quantitative estimate of drug-likeness (QED) is 0.508. The van der Waals surface area contributed by atoms with Crippen LogP contribution in [0.3, 0.4) is 0 Å². The molecule has 1 aliphatic carbocycles. The topological polar surface area (TPSA) is 0 Å². The lowest BCUT2D eigenvalue weighted by molar-refractivity contribution is 0.843. The second kappa shape index (κ2) is 2.68. The Morgan fingerprint density at radius 2 is 2.10 bits per heavy atom. The van der Waals surface area contributed by atoms with Crippen molar-refractivity contribution in [3.05, 3.63) is 0 Å². The minimum Gasteiger partial charge on any atom is -0.147 e. The molecule has 0 amide bonds. The standard InChI is InChI=1S/C8H15PS/c1-7-6-9-8(10-7)4-2-3-5-8/h7,9H,2-6H2,1H3/t7-/m1/s1. The average molecular weight is 174 g/mol. The Morgan fingerprint density at radius 1 is 1.40 bits per heavy atom. The Kier molecular flexibility index (Phi) is 1.99. The van der Waals surface area contributed by atoms with Crippen LogP contribution in [0.1, 0.15) is 32.6 Å². The number of hydrogen-bond donors (Lipinski definition) is 0. The van der Waals surface area contributed by atoms with Gasteiger partial charge in [-0.3, -0.25) is 0 Å². The van der Waals surface area contributed by atoms with Crippen LogP contribution in [-0.4, -0.2) is 15.9 Å². The summed E-state index contributed by atoms with van der Waals surface area (Å²) in [4.78, 5) is 0. The van der Waals surface area contributed by atoms with E-state index >= 15 is 0 Å². The number of thioether (sulfide) groups is 1. The Bertz CT molecular complexity index is 129. The highest BCUT2D eigenvalue weighted by Gasteiger charge is 2.40. The maximum atomic E-state index is 2.39. The van der Waals surface area contributed by atoms with E-state index in [2.05, 4.69) is 18.7 Å². The van der Waals surface area contributed by atoms with E-state index in [1.54, 1.807) is 0 Å². The van der Waals surface area contributed by atoms with Crippen molar-refractivity contribution >= 4 is 20.3 Å². The predicted molar refractivity (Wildman–Crippen MR) is 51.4 cm³/mol. The van der Waals surface area contributed by atoms with E-state index in [0.29, 0.717) is 0 Å². The third kappa shape index (κ3) is 1.23. The third-order valence-corrected chi connectivity index (χ3v) is 7.02. The van der Waals surface area contributed by atoms with Crippen LogP contribution < -0.4 is 0 Å². The second-order valence-electron chi connectivity index (χ2n) is 3.51. The molecule has 2 aliphatic rings. The second-order valence-corrected chi connectivity index (χ2v) is 7.41. The fourth-order valence-corrected chi connectivity index (χ4v) is 6.47. The molecular weight excluding hydrogens is 159 g/mol. The molecule has 1 saturated heterocycles. The highest BCUT2D eigenvalue weighted by molar-refractivity contribution is 8.07. The van der Waals surface area contributed by atoms with Gasteiger partial charge < -0.3 is 0 Å². The van der Waals surface area contributed by atoms with Crippen molar-refractivity contribution in [2.75, 3.05) is 6.16 Å². The Hall–Kier alpha value is 0.780. The molecule has 1 unspecified atom stereocenters. The van der Waals surface area contributed by atoms with Crippen LogP contribution in [0.25, 0.3) is 0 Å². The van der Waals surface area contributed by atoms with Gasteiger partial charge >= 0.3 is 0 Å². The molecule has 1 saturated carbocycles. The Balaban J connectivity index is 2.03. The lowest BCUT2D eigenvalue weighted by atomic mass is 10.4. The molecule has 2 rings (SSSR count). The molecule has 0 nitrogen and oxygen atoms in total. The van der Waals surface area contributed by atoms with Gasteiger partial charge in [0, 0.05) is 9.74 Å². The Labute approximate surface area is 69.3 Å². The summed E-state index contributed by atoms with van der Waals surface area (Å²) in [5.74, 6) is 0. The highest BCUT2D eigenvalue weighted by atomic mass is 32.2. The maximum absolute atomic E-state index is 2.39. The molecule has 0 radical (unpaired) electrons. The van der Waals surface area contributed by atoms with E-state index in [0.717, 1.165) is 9.74 Å². The molecule has 2 fully saturated rings. The van der Waals surface area contributed by atoms with E-state index in [9.17, 15) is 0 Å². The van der Waals surface area contributed by atoms with Crippen molar-refractivity contribution in [2.24, 2.45) is 0 Å². The average Bonchev–Trinajstić information content (AvgIpc) is 2.46. The summed E-state index contributed by atoms with van der Waals surface area (Å²) in [7, 11) is 1.28. The van der Waals surface area contributed by atoms with Gasteiger partial charge in [-0.05, 0) is 19.0 Å². The summed E-state index contributed by atoms with van der Waals surface area (Å²) in [6, 6.07) is 0. The van der Waals surface area contributed by atoms with Crippen LogP contribution >= 0.6 is 20.3 Å². The van der Waals surface area contributed by atoms with Crippen molar-refractivity contribution < 1.29 is 0 Å². The third-order valence-electron chi connectivity index (χ3n) is 2.55. The zero-order valence-corrected chi connectivity index (χ0v) is 8.34. The van der Waals surface area contributed by atoms with Gasteiger partial charge in [0.15, 0.2) is 0 Å². The minimum absolute atomic E-state index is 0.805. The van der Waals surface area contributed by atoms with Crippen molar-refractivity contribution in [1.82, 2.24) is 0 Å². The van der Waals surface area contributed by atoms with E-state index in [1.165, 1.54) is 40.4 Å². The first-order valence-corrected chi connectivity index (χ1v) is 6.32. The molecule has 2 atom stereocenters. The van der Waals surface area contributed by atoms with E-state index in [4.69, 9.17) is 0 Å². The van der Waals surface area contributed by atoms with Crippen molar-refractivity contribution in [2.45, 2.75) is 42.3 Å². The normalized spacial score (nSPS) is 39.9. The van der Waals surface area contributed by atoms with Crippen LogP contribution in [0.5, 0.6) is 0 Å². The van der Waals surface area contributed by atoms with Crippen LogP contribution in [0.2, 0.25) is 0 Å². The van der Waals surface area contributed by atoms with Crippen LogP contribution in [0.4, 0.5) is 0 Å². The molecule has 0 aromatic rings. The highest BCUT2D eigenvalue weighted by Crippen LogP contribution is 2.60. The summed E-state index contributed by atoms with van der Waals surface area (Å²) in [6.45, 7) is 2.39. The largest absolute Gasteiger partial charge is 0.147 e. The molecule has 10 heavy (non-hydrogen) atoms. The van der Waals surface area contributed by atoms with Gasteiger partial charge in [-0.15, -0.1) is 20.3 Å². The molecule has 1 aliphatic heterocycles. The number of hydrogen-bond acceptors (Lipinski definition) is 1. The zero-order chi connectivity index (χ0) is 7.03. The van der Waals surface area contributed by atoms with Gasteiger partial charge in [0.05, 0.1) is 0 Å². The SMILES string of the molecule is C[C@@H]1CPC2(CCCC2)S1. The van der Waals surface area contributed by atoms with Gasteiger partial charge in [-0.1, -0.05) is 19.8 Å². The van der Waals surface area contributed by atoms with Gasteiger partial charge in [0.1, 0.15) is 0 Å². The number of rotatable bonds is 0. The fourth-order valence-electron chi connectivity index (χ4n) is 2.04. The van der Waals surface area contributed by atoms with Crippen molar-refractivity contribution in [3.8, 4) is 0 Å². The summed E-state index contributed by atoms with van der Waals surface area (Å²) < 4.78 is 0.805. The molecule has 0 aromatic carbocycles. The lowest BCUT2D eigenvalue weighted by Crippen LogP contribution is -2.08. The maximum Gasteiger partial charge on any atom is 0.0332 e. The molecule has 1 spiro atoms. The lowest BCUT2D eigenvalue weighted by Gasteiger charge is -2.20. The van der Waals surface area contributed by atoms with Crippen molar-refractivity contribution in [3.63, 3.8) is 0 Å². The van der Waals surface area contributed by atoms with Gasteiger partial charge in [0.25, 0.3) is 0 Å². The summed E-state index contributed by atoms with van der Waals surface area (Å²) >= 11 is 2.29. The molecule has 58 valence electrons. The van der Waals surface area contributed by atoms with E-state index < -0.39 is 0 Å². The summed E-state index contributed by atoms with van der Waals surface area (Å²) in [6.07, 6.45) is 7.57. The van der Waals surface area contributed by atoms with Gasteiger partial charge in [-0.2, -0.15) is 0 Å². The zero-order valence-electron chi connectivity index (χ0n) is 6.52. The van der Waals surface area contributed by atoms with E-state index in [-0.39, 0.29) is 0 Å². The Morgan fingerprint density at radius 3 is 2.60 bits per heavy atom. The summed E-state index contributed by atoms with van der Waals surface area (Å²) in [5.41, 5.74) is 0. The van der Waals surface area contributed by atoms with Gasteiger partial charge in [-0.25, -0.2) is 0 Å². The molecular formula is C8H15PS. The first kappa shape index (κ1) is 7.43. The molecule has 2 heteroatoms. The molecule has 1 heterocycles. The summed E-state index contributed by atoms with van der Waals surface area (Å²) in [5, 5.41) is 0.969. The smallest absolute Gasteiger partial charge is 0.0332 e. The fraction of sp³-hybridized carbons (Fsp3) is 1.00. The first-order valence-electron chi connectivity index (χ1n) is 4.24. The van der Waals surface area contributed by atoms with Crippen LogP contribution in [0, 0.1) is 0 Å². The molecule has 0 aromatic heterocycles. The van der Waals surface area contributed by atoms with Crippen LogP contribution in [-0.2, 0) is 0 Å². The van der Waals surface area contributed by atoms with E-state index in [1.807, 2.05) is 0 Å². The molecule has 0 N–H and O–H groups in total. The van der Waals surface area contributed by atoms with Gasteiger partial charge in [0.2, 0.25) is 0 Å². The van der Waals surface area contributed by atoms with Crippen molar-refractivity contribution in [1.29, 1.82) is 0 Å². The monoisotopic (exact) mass is 174 g/mol.